The van der Waals surface area contributed by atoms with Gasteiger partial charge in [-0.2, -0.15) is 0 Å². The molecular formula is C20H26N4O2. The second kappa shape index (κ2) is 9.31. The second-order valence-electron chi connectivity index (χ2n) is 6.37. The van der Waals surface area contributed by atoms with E-state index in [1.807, 2.05) is 12.1 Å². The van der Waals surface area contributed by atoms with Crippen LogP contribution in [0.25, 0.3) is 0 Å². The Morgan fingerprint density at radius 3 is 3.00 bits per heavy atom. The molecule has 1 unspecified atom stereocenters. The maximum absolute atomic E-state index is 12.3. The maximum Gasteiger partial charge on any atom is 0.251 e. The van der Waals surface area contributed by atoms with Gasteiger partial charge in [0, 0.05) is 57.7 Å². The molecule has 1 aromatic heterocycles. The highest BCUT2D eigenvalue weighted by atomic mass is 16.5. The van der Waals surface area contributed by atoms with E-state index in [0.717, 1.165) is 31.9 Å². The lowest BCUT2D eigenvalue weighted by Gasteiger charge is -2.34. The van der Waals surface area contributed by atoms with Crippen molar-refractivity contribution in [2.24, 2.45) is 0 Å². The molecular weight excluding hydrogens is 328 g/mol. The number of methoxy groups -OCH3 is 1. The first-order chi connectivity index (χ1) is 12.8. The summed E-state index contributed by atoms with van der Waals surface area (Å²) >= 11 is 0. The first kappa shape index (κ1) is 18.4. The van der Waals surface area contributed by atoms with E-state index in [0.29, 0.717) is 18.7 Å². The van der Waals surface area contributed by atoms with Crippen molar-refractivity contribution in [1.29, 1.82) is 0 Å². The molecule has 0 bridgehead atoms. The van der Waals surface area contributed by atoms with Crippen LogP contribution in [0.1, 0.15) is 28.4 Å². The largest absolute Gasteiger partial charge is 0.385 e. The molecule has 3 rings (SSSR count). The highest BCUT2D eigenvalue weighted by Gasteiger charge is 2.22. The topological polar surface area (TPSA) is 66.5 Å². The predicted octanol–water partition coefficient (Wildman–Crippen LogP) is 2.00. The SMILES string of the molecule is COCCCNC(=O)c1ccnc(N2CCNC(c3ccccc3)C2)c1. The molecule has 1 aliphatic rings. The summed E-state index contributed by atoms with van der Waals surface area (Å²) in [5, 5.41) is 6.47. The minimum Gasteiger partial charge on any atom is -0.385 e. The van der Waals surface area contributed by atoms with Gasteiger partial charge in [-0.1, -0.05) is 30.3 Å². The molecule has 6 nitrogen and oxygen atoms in total. The fourth-order valence-electron chi connectivity index (χ4n) is 3.12. The van der Waals surface area contributed by atoms with E-state index in [1.54, 1.807) is 19.4 Å². The van der Waals surface area contributed by atoms with Crippen molar-refractivity contribution in [2.75, 3.05) is 44.8 Å². The third-order valence-corrected chi connectivity index (χ3v) is 4.52. The molecule has 2 N–H and O–H groups in total. The Bertz CT molecular complexity index is 708. The second-order valence-corrected chi connectivity index (χ2v) is 6.37. The van der Waals surface area contributed by atoms with E-state index in [1.165, 1.54) is 5.56 Å². The molecule has 26 heavy (non-hydrogen) atoms. The Balaban J connectivity index is 1.64. The number of nitrogens with zero attached hydrogens (tertiary/aromatic N) is 2. The lowest BCUT2D eigenvalue weighted by Crippen LogP contribution is -2.46. The third kappa shape index (κ3) is 4.80. The van der Waals surface area contributed by atoms with Crippen LogP contribution in [0.3, 0.4) is 0 Å². The molecule has 138 valence electrons. The Hall–Kier alpha value is -2.44. The zero-order valence-electron chi connectivity index (χ0n) is 15.1. The van der Waals surface area contributed by atoms with Crippen LogP contribution in [0.4, 0.5) is 5.82 Å². The van der Waals surface area contributed by atoms with Gasteiger partial charge in [0.25, 0.3) is 5.91 Å². The number of rotatable bonds is 7. The van der Waals surface area contributed by atoms with E-state index in [2.05, 4.69) is 44.8 Å². The lowest BCUT2D eigenvalue weighted by atomic mass is 10.0. The predicted molar refractivity (Wildman–Crippen MR) is 102 cm³/mol. The Labute approximate surface area is 154 Å². The molecule has 6 heteroatoms. The average molecular weight is 354 g/mol. The van der Waals surface area contributed by atoms with E-state index in [9.17, 15) is 4.79 Å². The fraction of sp³-hybridized carbons (Fsp3) is 0.400. The molecule has 1 aliphatic heterocycles. The van der Waals surface area contributed by atoms with Crippen molar-refractivity contribution in [2.45, 2.75) is 12.5 Å². The van der Waals surface area contributed by atoms with E-state index < -0.39 is 0 Å². The summed E-state index contributed by atoms with van der Waals surface area (Å²) in [6.07, 6.45) is 2.51. The summed E-state index contributed by atoms with van der Waals surface area (Å²) < 4.78 is 5.00. The van der Waals surface area contributed by atoms with E-state index in [4.69, 9.17) is 4.74 Å². The zero-order chi connectivity index (χ0) is 18.2. The number of carbonyl (C=O) groups excluding carboxylic acids is 1. The van der Waals surface area contributed by atoms with Gasteiger partial charge in [-0.3, -0.25) is 4.79 Å². The maximum atomic E-state index is 12.3. The molecule has 0 aliphatic carbocycles. The molecule has 0 spiro atoms. The molecule has 2 heterocycles. The number of benzene rings is 1. The summed E-state index contributed by atoms with van der Waals surface area (Å²) in [5.41, 5.74) is 1.91. The normalized spacial score (nSPS) is 17.1. The van der Waals surface area contributed by atoms with Gasteiger partial charge in [-0.25, -0.2) is 4.98 Å². The number of anilines is 1. The minimum atomic E-state index is -0.0699. The van der Waals surface area contributed by atoms with Gasteiger partial charge >= 0.3 is 0 Å². The fourth-order valence-corrected chi connectivity index (χ4v) is 3.12. The number of pyridine rings is 1. The van der Waals surface area contributed by atoms with Gasteiger partial charge in [-0.05, 0) is 24.1 Å². The van der Waals surface area contributed by atoms with Gasteiger partial charge < -0.3 is 20.3 Å². The molecule has 1 fully saturated rings. The molecule has 1 aromatic carbocycles. The monoisotopic (exact) mass is 354 g/mol. The van der Waals surface area contributed by atoms with Gasteiger partial charge in [0.2, 0.25) is 0 Å². The highest BCUT2D eigenvalue weighted by Crippen LogP contribution is 2.21. The Kier molecular flexibility index (Phi) is 6.57. The number of aromatic nitrogens is 1. The Morgan fingerprint density at radius 2 is 2.19 bits per heavy atom. The van der Waals surface area contributed by atoms with Crippen LogP contribution in [0.2, 0.25) is 0 Å². The van der Waals surface area contributed by atoms with Crippen molar-refractivity contribution < 1.29 is 9.53 Å². The summed E-state index contributed by atoms with van der Waals surface area (Å²) in [6.45, 7) is 3.83. The van der Waals surface area contributed by atoms with Crippen molar-refractivity contribution >= 4 is 11.7 Å². The highest BCUT2D eigenvalue weighted by molar-refractivity contribution is 5.94. The summed E-state index contributed by atoms with van der Waals surface area (Å²) in [6, 6.07) is 14.3. The zero-order valence-corrected chi connectivity index (χ0v) is 15.1. The van der Waals surface area contributed by atoms with Crippen LogP contribution in [-0.4, -0.2) is 50.8 Å². The third-order valence-electron chi connectivity index (χ3n) is 4.52. The average Bonchev–Trinajstić information content (AvgIpc) is 2.72. The molecule has 1 atom stereocenters. The number of hydrogen-bond acceptors (Lipinski definition) is 5. The van der Waals surface area contributed by atoms with Crippen LogP contribution in [0.15, 0.2) is 48.7 Å². The van der Waals surface area contributed by atoms with Gasteiger partial charge in [0.1, 0.15) is 5.82 Å². The summed E-state index contributed by atoms with van der Waals surface area (Å²) in [4.78, 5) is 19.0. The van der Waals surface area contributed by atoms with Crippen LogP contribution in [-0.2, 0) is 4.74 Å². The Morgan fingerprint density at radius 1 is 1.35 bits per heavy atom. The van der Waals surface area contributed by atoms with Gasteiger partial charge in [-0.15, -0.1) is 0 Å². The number of nitrogens with one attached hydrogen (secondary N) is 2. The summed E-state index contributed by atoms with van der Waals surface area (Å²) in [5.74, 6) is 0.775. The number of piperazine rings is 1. The van der Waals surface area contributed by atoms with Crippen LogP contribution < -0.4 is 15.5 Å². The molecule has 1 saturated heterocycles. The molecule has 2 aromatic rings. The quantitative estimate of drug-likeness (QED) is 0.745. The summed E-state index contributed by atoms with van der Waals surface area (Å²) in [7, 11) is 1.66. The number of ether oxygens (including phenoxy) is 1. The lowest BCUT2D eigenvalue weighted by molar-refractivity contribution is 0.0948. The van der Waals surface area contributed by atoms with Crippen LogP contribution >= 0.6 is 0 Å². The van der Waals surface area contributed by atoms with E-state index in [-0.39, 0.29) is 11.9 Å². The van der Waals surface area contributed by atoms with Crippen molar-refractivity contribution in [3.8, 4) is 0 Å². The molecule has 1 amide bonds. The number of hydrogen-bond donors (Lipinski definition) is 2. The molecule has 0 saturated carbocycles. The van der Waals surface area contributed by atoms with Crippen molar-refractivity contribution in [1.82, 2.24) is 15.6 Å². The molecule has 0 radical (unpaired) electrons. The first-order valence-corrected chi connectivity index (χ1v) is 9.04. The minimum absolute atomic E-state index is 0.0699. The smallest absolute Gasteiger partial charge is 0.251 e. The van der Waals surface area contributed by atoms with E-state index >= 15 is 0 Å². The number of amides is 1. The van der Waals surface area contributed by atoms with Crippen molar-refractivity contribution in [3.05, 3.63) is 59.8 Å². The van der Waals surface area contributed by atoms with Crippen LogP contribution in [0.5, 0.6) is 0 Å². The van der Waals surface area contributed by atoms with Crippen molar-refractivity contribution in [3.63, 3.8) is 0 Å². The van der Waals surface area contributed by atoms with Crippen LogP contribution in [0, 0.1) is 0 Å². The van der Waals surface area contributed by atoms with Gasteiger partial charge in [0.15, 0.2) is 0 Å². The van der Waals surface area contributed by atoms with Gasteiger partial charge in [0.05, 0.1) is 0 Å². The number of carbonyl (C=O) groups is 1. The first-order valence-electron chi connectivity index (χ1n) is 9.04. The standard InChI is InChI=1S/C20H26N4O2/c1-26-13-5-9-23-20(25)17-8-10-22-19(14-17)24-12-11-21-18(15-24)16-6-3-2-4-7-16/h2-4,6-8,10,14,18,21H,5,9,11-13,15H2,1H3,(H,23,25).